The van der Waals surface area contributed by atoms with Crippen LogP contribution in [0.25, 0.3) is 0 Å². The van der Waals surface area contributed by atoms with E-state index in [0.29, 0.717) is 5.92 Å². The fourth-order valence-corrected chi connectivity index (χ4v) is 2.87. The molecule has 2 unspecified atom stereocenters. The van der Waals surface area contributed by atoms with Crippen molar-refractivity contribution in [3.05, 3.63) is 28.5 Å². The zero-order chi connectivity index (χ0) is 13.1. The fraction of sp³-hybridized carbons (Fsp3) is 0.538. The van der Waals surface area contributed by atoms with Gasteiger partial charge in [0.05, 0.1) is 13.0 Å². The van der Waals surface area contributed by atoms with Crippen LogP contribution in [0.3, 0.4) is 0 Å². The summed E-state index contributed by atoms with van der Waals surface area (Å²) in [6.07, 6.45) is 3.63. The van der Waals surface area contributed by atoms with Crippen molar-refractivity contribution in [3.8, 4) is 0 Å². The average molecular weight is 313 g/mol. The van der Waals surface area contributed by atoms with Crippen LogP contribution < -0.4 is 0 Å². The molecule has 2 atom stereocenters. The van der Waals surface area contributed by atoms with Crippen LogP contribution >= 0.6 is 15.9 Å². The van der Waals surface area contributed by atoms with E-state index in [2.05, 4.69) is 38.8 Å². The summed E-state index contributed by atoms with van der Waals surface area (Å²) in [4.78, 5) is 18.0. The normalized spacial score (nSPS) is 24.2. The van der Waals surface area contributed by atoms with Crippen LogP contribution in [0, 0.1) is 11.8 Å². The molecule has 1 aromatic rings. The molecule has 0 spiro atoms. The van der Waals surface area contributed by atoms with Gasteiger partial charge < -0.3 is 4.74 Å². The lowest BCUT2D eigenvalue weighted by molar-refractivity contribution is -0.146. The van der Waals surface area contributed by atoms with Crippen molar-refractivity contribution in [1.29, 1.82) is 0 Å². The number of esters is 1. The molecule has 0 radical (unpaired) electrons. The van der Waals surface area contributed by atoms with Gasteiger partial charge >= 0.3 is 5.97 Å². The standard InChI is InChI=1S/C13H17BrN2O2/c1-9-6-16(8-12(9)13(17)18-2)7-10-3-11(14)5-15-4-10/h3-5,9,12H,6-8H2,1-2H3. The molecule has 0 saturated carbocycles. The molecule has 2 rings (SSSR count). The highest BCUT2D eigenvalue weighted by Gasteiger charge is 2.35. The Morgan fingerprint density at radius 2 is 2.33 bits per heavy atom. The number of aromatic nitrogens is 1. The summed E-state index contributed by atoms with van der Waals surface area (Å²) in [6, 6.07) is 2.06. The van der Waals surface area contributed by atoms with Crippen molar-refractivity contribution in [3.63, 3.8) is 0 Å². The van der Waals surface area contributed by atoms with Crippen molar-refractivity contribution >= 4 is 21.9 Å². The maximum Gasteiger partial charge on any atom is 0.310 e. The molecule has 1 fully saturated rings. The lowest BCUT2D eigenvalue weighted by Gasteiger charge is -2.15. The first-order valence-electron chi connectivity index (χ1n) is 5.99. The Balaban J connectivity index is 1.98. The fourth-order valence-electron chi connectivity index (χ4n) is 2.46. The summed E-state index contributed by atoms with van der Waals surface area (Å²) in [7, 11) is 1.45. The molecule has 1 aliphatic heterocycles. The van der Waals surface area contributed by atoms with Crippen LogP contribution in [0.15, 0.2) is 22.9 Å². The largest absolute Gasteiger partial charge is 0.469 e. The van der Waals surface area contributed by atoms with Gasteiger partial charge in [0.2, 0.25) is 0 Å². The first kappa shape index (κ1) is 13.5. The minimum absolute atomic E-state index is 0.00453. The lowest BCUT2D eigenvalue weighted by Crippen LogP contribution is -2.24. The third-order valence-corrected chi connectivity index (χ3v) is 3.79. The van der Waals surface area contributed by atoms with Crippen molar-refractivity contribution in [2.45, 2.75) is 13.5 Å². The molecule has 4 nitrogen and oxygen atoms in total. The summed E-state index contributed by atoms with van der Waals surface area (Å²) in [5.74, 6) is 0.241. The summed E-state index contributed by atoms with van der Waals surface area (Å²) in [5.41, 5.74) is 1.15. The van der Waals surface area contributed by atoms with Gasteiger partial charge in [0.25, 0.3) is 0 Å². The maximum atomic E-state index is 11.6. The third-order valence-electron chi connectivity index (χ3n) is 3.36. The van der Waals surface area contributed by atoms with Crippen molar-refractivity contribution in [2.24, 2.45) is 11.8 Å². The highest BCUT2D eigenvalue weighted by atomic mass is 79.9. The predicted molar refractivity (Wildman–Crippen MR) is 71.9 cm³/mol. The van der Waals surface area contributed by atoms with Gasteiger partial charge in [0, 0.05) is 36.5 Å². The van der Waals surface area contributed by atoms with Crippen LogP contribution in [0.1, 0.15) is 12.5 Å². The zero-order valence-electron chi connectivity index (χ0n) is 10.6. The number of nitrogens with zero attached hydrogens (tertiary/aromatic N) is 2. The molecule has 2 heterocycles. The minimum Gasteiger partial charge on any atom is -0.469 e. The van der Waals surface area contributed by atoms with E-state index in [-0.39, 0.29) is 11.9 Å². The van der Waals surface area contributed by atoms with E-state index >= 15 is 0 Å². The van der Waals surface area contributed by atoms with E-state index in [9.17, 15) is 4.79 Å². The van der Waals surface area contributed by atoms with Crippen LogP contribution in [-0.2, 0) is 16.1 Å². The maximum absolute atomic E-state index is 11.6. The Morgan fingerprint density at radius 1 is 1.56 bits per heavy atom. The molecule has 5 heteroatoms. The molecule has 1 saturated heterocycles. The Bertz CT molecular complexity index is 439. The van der Waals surface area contributed by atoms with E-state index < -0.39 is 0 Å². The van der Waals surface area contributed by atoms with Gasteiger partial charge in [-0.15, -0.1) is 0 Å². The van der Waals surface area contributed by atoms with Gasteiger partial charge in [-0.25, -0.2) is 0 Å². The molecule has 0 aromatic carbocycles. The van der Waals surface area contributed by atoms with Crippen LogP contribution in [0.2, 0.25) is 0 Å². The molecule has 1 aromatic heterocycles. The smallest absolute Gasteiger partial charge is 0.310 e. The van der Waals surface area contributed by atoms with Gasteiger partial charge in [0.15, 0.2) is 0 Å². The molecule has 0 bridgehead atoms. The van der Waals surface area contributed by atoms with Crippen LogP contribution in [-0.4, -0.2) is 36.1 Å². The van der Waals surface area contributed by atoms with E-state index in [4.69, 9.17) is 4.74 Å². The second-order valence-corrected chi connectivity index (χ2v) is 5.73. The predicted octanol–water partition coefficient (Wildman–Crippen LogP) is 2.08. The monoisotopic (exact) mass is 312 g/mol. The average Bonchev–Trinajstić information content (AvgIpc) is 2.69. The van der Waals surface area contributed by atoms with Crippen molar-refractivity contribution in [1.82, 2.24) is 9.88 Å². The quantitative estimate of drug-likeness (QED) is 0.802. The number of ether oxygens (including phenoxy) is 1. The molecular formula is C13H17BrN2O2. The Hall–Kier alpha value is -0.940. The van der Waals surface area contributed by atoms with Crippen molar-refractivity contribution in [2.75, 3.05) is 20.2 Å². The number of halogens is 1. The molecular weight excluding hydrogens is 296 g/mol. The SMILES string of the molecule is COC(=O)C1CN(Cc2cncc(Br)c2)CC1C. The molecule has 98 valence electrons. The number of hydrogen-bond acceptors (Lipinski definition) is 4. The number of methoxy groups -OCH3 is 1. The number of carbonyl (C=O) groups excluding carboxylic acids is 1. The Labute approximate surface area is 115 Å². The summed E-state index contributed by atoms with van der Waals surface area (Å²) in [6.45, 7) is 4.61. The first-order valence-corrected chi connectivity index (χ1v) is 6.79. The molecule has 0 amide bonds. The topological polar surface area (TPSA) is 42.4 Å². The number of pyridine rings is 1. The highest BCUT2D eigenvalue weighted by Crippen LogP contribution is 2.25. The van der Waals surface area contributed by atoms with Gasteiger partial charge in [-0.05, 0) is 33.5 Å². The first-order chi connectivity index (χ1) is 8.60. The van der Waals surface area contributed by atoms with Gasteiger partial charge in [-0.2, -0.15) is 0 Å². The minimum atomic E-state index is -0.0997. The third kappa shape index (κ3) is 3.09. The number of carbonyl (C=O) groups is 1. The summed E-state index contributed by atoms with van der Waals surface area (Å²) >= 11 is 3.41. The van der Waals surface area contributed by atoms with Crippen LogP contribution in [0.4, 0.5) is 0 Å². The van der Waals surface area contributed by atoms with Gasteiger partial charge in [-0.3, -0.25) is 14.7 Å². The van der Waals surface area contributed by atoms with E-state index in [1.807, 2.05) is 6.20 Å². The molecule has 0 aliphatic carbocycles. The number of rotatable bonds is 3. The lowest BCUT2D eigenvalue weighted by atomic mass is 9.99. The van der Waals surface area contributed by atoms with Crippen molar-refractivity contribution < 1.29 is 9.53 Å². The highest BCUT2D eigenvalue weighted by molar-refractivity contribution is 9.10. The zero-order valence-corrected chi connectivity index (χ0v) is 12.2. The second kappa shape index (κ2) is 5.80. The molecule has 18 heavy (non-hydrogen) atoms. The number of likely N-dealkylation sites (tertiary alicyclic amines) is 1. The van der Waals surface area contributed by atoms with E-state index in [1.54, 1.807) is 6.20 Å². The summed E-state index contributed by atoms with van der Waals surface area (Å²) < 4.78 is 5.82. The van der Waals surface area contributed by atoms with Crippen LogP contribution in [0.5, 0.6) is 0 Å². The Morgan fingerprint density at radius 3 is 3.00 bits per heavy atom. The van der Waals surface area contributed by atoms with E-state index in [1.165, 1.54) is 7.11 Å². The molecule has 1 aliphatic rings. The Kier molecular flexibility index (Phi) is 4.35. The van der Waals surface area contributed by atoms with Gasteiger partial charge in [-0.1, -0.05) is 6.92 Å². The summed E-state index contributed by atoms with van der Waals surface area (Å²) in [5, 5.41) is 0. The molecule has 0 N–H and O–H groups in total. The van der Waals surface area contributed by atoms with E-state index in [0.717, 1.165) is 29.7 Å². The van der Waals surface area contributed by atoms with Gasteiger partial charge in [0.1, 0.15) is 0 Å². The second-order valence-electron chi connectivity index (χ2n) is 4.81. The number of hydrogen-bond donors (Lipinski definition) is 0.